The van der Waals surface area contributed by atoms with Crippen molar-refractivity contribution >= 4 is 38.7 Å². The van der Waals surface area contributed by atoms with Crippen LogP contribution in [0, 0.1) is 11.3 Å². The van der Waals surface area contributed by atoms with E-state index in [-0.39, 0.29) is 24.3 Å². The van der Waals surface area contributed by atoms with E-state index < -0.39 is 62.9 Å². The molecule has 272 valence electrons. The molecule has 52 heavy (non-hydrogen) atoms. The summed E-state index contributed by atoms with van der Waals surface area (Å²) in [4.78, 5) is 47.1. The van der Waals surface area contributed by atoms with E-state index in [9.17, 15) is 27.9 Å². The van der Waals surface area contributed by atoms with E-state index in [1.807, 2.05) is 36.4 Å². The molecule has 1 saturated heterocycles. The number of hydrogen-bond donors (Lipinski definition) is 3. The summed E-state index contributed by atoms with van der Waals surface area (Å²) in [7, 11) is -2.59. The molecule has 1 aromatic heterocycles. The summed E-state index contributed by atoms with van der Waals surface area (Å²) < 4.78 is 41.7. The van der Waals surface area contributed by atoms with Gasteiger partial charge in [-0.15, -0.1) is 6.58 Å². The number of carbonyl (C=O) groups is 3. The molecule has 3 N–H and O–H groups in total. The van der Waals surface area contributed by atoms with Gasteiger partial charge in [0.15, 0.2) is 0 Å². The number of ether oxygens (including phenoxy) is 2. The van der Waals surface area contributed by atoms with Crippen molar-refractivity contribution in [2.45, 2.75) is 62.2 Å². The van der Waals surface area contributed by atoms with E-state index in [1.165, 1.54) is 23.1 Å². The lowest BCUT2D eigenvalue weighted by atomic mass is 9.86. The maximum atomic E-state index is 14.6. The summed E-state index contributed by atoms with van der Waals surface area (Å²) in [5, 5.41) is 13.4. The number of nitrogens with zero attached hydrogens (tertiary/aromatic N) is 2. The first-order chi connectivity index (χ1) is 24.7. The predicted octanol–water partition coefficient (Wildman–Crippen LogP) is 4.80. The molecule has 4 aromatic rings. The minimum absolute atomic E-state index is 0.00890. The number of amides is 2. The Bertz CT molecular complexity index is 2120. The van der Waals surface area contributed by atoms with Crippen LogP contribution >= 0.6 is 0 Å². The average molecular weight is 727 g/mol. The van der Waals surface area contributed by atoms with Gasteiger partial charge >= 0.3 is 5.97 Å². The summed E-state index contributed by atoms with van der Waals surface area (Å²) in [6, 6.07) is 22.0. The lowest BCUT2D eigenvalue weighted by Gasteiger charge is -2.35. The predicted molar refractivity (Wildman–Crippen MR) is 195 cm³/mol. The number of rotatable bonds is 12. The van der Waals surface area contributed by atoms with Crippen molar-refractivity contribution in [2.75, 3.05) is 13.7 Å². The van der Waals surface area contributed by atoms with Crippen molar-refractivity contribution < 1.29 is 37.4 Å². The minimum atomic E-state index is -4.15. The monoisotopic (exact) mass is 726 g/mol. The summed E-state index contributed by atoms with van der Waals surface area (Å²) in [5.74, 6) is -1.96. The maximum Gasteiger partial charge on any atom is 0.330 e. The Morgan fingerprint density at radius 2 is 1.71 bits per heavy atom. The van der Waals surface area contributed by atoms with Gasteiger partial charge in [-0.2, -0.15) is 4.72 Å². The van der Waals surface area contributed by atoms with Gasteiger partial charge in [0.25, 0.3) is 0 Å². The van der Waals surface area contributed by atoms with Crippen molar-refractivity contribution in [3.05, 3.63) is 97.6 Å². The number of aliphatic carboxylic acids is 1. The smallest absolute Gasteiger partial charge is 0.330 e. The van der Waals surface area contributed by atoms with E-state index in [0.29, 0.717) is 28.1 Å². The van der Waals surface area contributed by atoms with Crippen molar-refractivity contribution in [1.82, 2.24) is 19.9 Å². The number of carbonyl (C=O) groups excluding carboxylic acids is 2. The van der Waals surface area contributed by atoms with Crippen molar-refractivity contribution in [3.63, 3.8) is 0 Å². The third-order valence-corrected chi connectivity index (χ3v) is 11.1. The van der Waals surface area contributed by atoms with E-state index in [4.69, 9.17) is 14.5 Å². The number of pyridine rings is 1. The zero-order valence-corrected chi connectivity index (χ0v) is 30.2. The Morgan fingerprint density at radius 3 is 2.31 bits per heavy atom. The van der Waals surface area contributed by atoms with Crippen molar-refractivity contribution in [3.8, 4) is 22.8 Å². The molecule has 1 aliphatic carbocycles. The highest BCUT2D eigenvalue weighted by Gasteiger charge is 2.61. The molecule has 2 amide bonds. The van der Waals surface area contributed by atoms with E-state index in [2.05, 4.69) is 16.6 Å². The third kappa shape index (κ3) is 7.24. The van der Waals surface area contributed by atoms with Crippen LogP contribution in [0.2, 0.25) is 0 Å². The Labute approximate surface area is 302 Å². The Hall–Kier alpha value is -5.27. The molecule has 2 heterocycles. The largest absolute Gasteiger partial charge is 0.497 e. The standard InChI is InChI=1S/C39H42N4O8S/c1-6-25-22-39(25,37(46)47)41-35(44)32-20-27(23-43(32)36(45)34(38(2,3)4)42-52(48,49)28-15-11-8-12-16-28)51-33-21-30(24-13-9-7-10-14-24)40-31-19-26(50-5)17-18-29(31)33/h6-19,21,25,27,32,34,42H,1,20,22-23H2,2-5H3,(H,41,44)(H,46,47)/t25-,27+,32-,34+,39?/m0/s1. The summed E-state index contributed by atoms with van der Waals surface area (Å²) in [6.07, 6.45) is 0.917. The van der Waals surface area contributed by atoms with Crippen LogP contribution in [0.25, 0.3) is 22.2 Å². The maximum absolute atomic E-state index is 14.6. The highest BCUT2D eigenvalue weighted by molar-refractivity contribution is 7.89. The van der Waals surface area contributed by atoms with Crippen molar-refractivity contribution in [1.29, 1.82) is 0 Å². The van der Waals surface area contributed by atoms with Gasteiger partial charge in [-0.3, -0.25) is 9.59 Å². The molecular formula is C39H42N4O8S. The quantitative estimate of drug-likeness (QED) is 0.174. The van der Waals surface area contributed by atoms with Crippen LogP contribution in [0.15, 0.2) is 102 Å². The van der Waals surface area contributed by atoms with Crippen LogP contribution in [-0.4, -0.2) is 78.6 Å². The van der Waals surface area contributed by atoms with Crippen LogP contribution in [-0.2, 0) is 24.4 Å². The molecule has 12 nitrogen and oxygen atoms in total. The fourth-order valence-corrected chi connectivity index (χ4v) is 8.03. The van der Waals surface area contributed by atoms with Gasteiger partial charge in [-0.25, -0.2) is 18.2 Å². The normalized spacial score (nSPS) is 22.0. The third-order valence-electron chi connectivity index (χ3n) is 9.66. The molecule has 1 aliphatic heterocycles. The molecule has 3 aromatic carbocycles. The van der Waals surface area contributed by atoms with Crippen molar-refractivity contribution in [2.24, 2.45) is 11.3 Å². The molecule has 0 bridgehead atoms. The molecule has 0 spiro atoms. The lowest BCUT2D eigenvalue weighted by Crippen LogP contribution is -2.59. The average Bonchev–Trinajstić information content (AvgIpc) is 3.69. The minimum Gasteiger partial charge on any atom is -0.497 e. The van der Waals surface area contributed by atoms with Crippen LogP contribution in [0.3, 0.4) is 0 Å². The zero-order valence-electron chi connectivity index (χ0n) is 29.4. The molecule has 13 heteroatoms. The second-order valence-electron chi connectivity index (χ2n) is 14.3. The molecule has 1 unspecified atom stereocenters. The molecule has 5 atom stereocenters. The molecule has 0 radical (unpaired) electrons. The lowest BCUT2D eigenvalue weighted by molar-refractivity contribution is -0.146. The molecule has 6 rings (SSSR count). The van der Waals surface area contributed by atoms with E-state index in [0.717, 1.165) is 5.56 Å². The topological polar surface area (TPSA) is 164 Å². The number of hydrogen-bond acceptors (Lipinski definition) is 8. The van der Waals surface area contributed by atoms with Gasteiger partial charge in [0.1, 0.15) is 35.2 Å². The number of nitrogens with one attached hydrogen (secondary N) is 2. The number of sulfonamides is 1. The number of aromatic nitrogens is 1. The highest BCUT2D eigenvalue weighted by atomic mass is 32.2. The Balaban J connectivity index is 1.37. The number of likely N-dealkylation sites (tertiary alicyclic amines) is 1. The van der Waals surface area contributed by atoms with Gasteiger partial charge in [-0.05, 0) is 36.1 Å². The second-order valence-corrected chi connectivity index (χ2v) is 16.0. The fraction of sp³-hybridized carbons (Fsp3) is 0.333. The van der Waals surface area contributed by atoms with Crippen LogP contribution in [0.5, 0.6) is 11.5 Å². The molecular weight excluding hydrogens is 685 g/mol. The summed E-state index contributed by atoms with van der Waals surface area (Å²) in [5.41, 5.74) is -0.401. The van der Waals surface area contributed by atoms with Gasteiger partial charge in [0.2, 0.25) is 21.8 Å². The Morgan fingerprint density at radius 1 is 1.04 bits per heavy atom. The number of carboxylic acids is 1. The number of methoxy groups -OCH3 is 1. The molecule has 1 saturated carbocycles. The van der Waals surface area contributed by atoms with Crippen LogP contribution < -0.4 is 19.5 Å². The Kier molecular flexibility index (Phi) is 9.86. The first kappa shape index (κ1) is 36.5. The number of carboxylic acid groups (broad SMARTS) is 1. The summed E-state index contributed by atoms with van der Waals surface area (Å²) >= 11 is 0. The van der Waals surface area contributed by atoms with Gasteiger partial charge in [0, 0.05) is 35.4 Å². The highest BCUT2D eigenvalue weighted by Crippen LogP contribution is 2.45. The van der Waals surface area contributed by atoms with Gasteiger partial charge in [0.05, 0.1) is 29.8 Å². The zero-order chi connectivity index (χ0) is 37.4. The van der Waals surface area contributed by atoms with E-state index in [1.54, 1.807) is 64.3 Å². The number of benzene rings is 3. The molecule has 2 fully saturated rings. The van der Waals surface area contributed by atoms with Gasteiger partial charge in [-0.1, -0.05) is 75.4 Å². The van der Waals surface area contributed by atoms with E-state index >= 15 is 0 Å². The summed E-state index contributed by atoms with van der Waals surface area (Å²) in [6.45, 7) is 8.80. The van der Waals surface area contributed by atoms with Crippen LogP contribution in [0.4, 0.5) is 0 Å². The van der Waals surface area contributed by atoms with Crippen LogP contribution in [0.1, 0.15) is 33.6 Å². The second kappa shape index (κ2) is 14.0. The first-order valence-electron chi connectivity index (χ1n) is 16.9. The molecule has 2 aliphatic rings. The fourth-order valence-electron chi connectivity index (χ4n) is 6.62. The SMILES string of the molecule is C=C[C@H]1CC1(NC(=O)[C@@H]1C[C@@H](Oc2cc(-c3ccccc3)nc3cc(OC)ccc23)CN1C(=O)[C@@H](NS(=O)(=O)c1ccccc1)C(C)(C)C)C(=O)O. The number of fused-ring (bicyclic) bond motifs is 1. The van der Waals surface area contributed by atoms with Gasteiger partial charge < -0.3 is 24.8 Å². The first-order valence-corrected chi connectivity index (χ1v) is 18.4.